The summed E-state index contributed by atoms with van der Waals surface area (Å²) in [6.45, 7) is 0. The second-order valence-electron chi connectivity index (χ2n) is 2.16. The molecule has 2 heterocycles. The number of hydrogen-bond acceptors (Lipinski definition) is 5. The van der Waals surface area contributed by atoms with Crippen molar-refractivity contribution in [2.45, 2.75) is 0 Å². The predicted molar refractivity (Wildman–Crippen MR) is 44.0 cm³/mol. The molecule has 0 amide bonds. The maximum atomic E-state index is 10.4. The summed E-state index contributed by atoms with van der Waals surface area (Å²) in [7, 11) is 0. The second kappa shape index (κ2) is 2.94. The lowest BCUT2D eigenvalue weighted by Crippen LogP contribution is -2.01. The Bertz CT molecular complexity index is 422. The van der Waals surface area contributed by atoms with E-state index in [-0.39, 0.29) is 5.82 Å². The fraction of sp³-hybridized carbons (Fsp3) is 0. The van der Waals surface area contributed by atoms with Gasteiger partial charge in [-0.3, -0.25) is 0 Å². The van der Waals surface area contributed by atoms with Gasteiger partial charge in [-0.05, 0) is 0 Å². The van der Waals surface area contributed by atoms with Crippen LogP contribution in [0.4, 0.5) is 0 Å². The number of aromatic carboxylic acids is 1. The first-order valence-electron chi connectivity index (χ1n) is 3.31. The van der Waals surface area contributed by atoms with Crippen LogP contribution in [0.25, 0.3) is 5.82 Å². The number of rotatable bonds is 2. The Morgan fingerprint density at radius 3 is 2.92 bits per heavy atom. The predicted octanol–water partition coefficient (Wildman–Crippen LogP) is 0.422. The maximum Gasteiger partial charge on any atom is 0.375 e. The maximum absolute atomic E-state index is 10.4. The molecule has 0 radical (unpaired) electrons. The minimum atomic E-state index is -1.14. The first kappa shape index (κ1) is 7.87. The van der Waals surface area contributed by atoms with E-state index in [1.165, 1.54) is 22.3 Å². The van der Waals surface area contributed by atoms with E-state index in [4.69, 9.17) is 5.11 Å². The van der Waals surface area contributed by atoms with Gasteiger partial charge in [0.15, 0.2) is 5.82 Å². The second-order valence-corrected chi connectivity index (χ2v) is 2.88. The molecule has 2 aromatic rings. The minimum absolute atomic E-state index is 0.229. The van der Waals surface area contributed by atoms with Crippen molar-refractivity contribution in [1.82, 2.24) is 19.7 Å². The zero-order chi connectivity index (χ0) is 9.26. The first-order chi connectivity index (χ1) is 6.27. The summed E-state index contributed by atoms with van der Waals surface area (Å²) < 4.78 is 1.32. The first-order valence-corrected chi connectivity index (χ1v) is 4.25. The largest absolute Gasteiger partial charge is 0.475 e. The lowest BCUT2D eigenvalue weighted by atomic mass is 10.7. The standard InChI is InChI=1S/C6H4N4O2S/c11-6(12)5-7-2-10(9-5)4-1-13-3-8-4/h1-3H,(H,11,12). The Labute approximate surface area is 76.5 Å². The molecule has 0 aliphatic heterocycles. The number of aromatic nitrogens is 4. The van der Waals surface area contributed by atoms with Gasteiger partial charge in [0.1, 0.15) is 6.33 Å². The van der Waals surface area contributed by atoms with Crippen LogP contribution < -0.4 is 0 Å². The highest BCUT2D eigenvalue weighted by Crippen LogP contribution is 2.05. The molecule has 0 saturated heterocycles. The quantitative estimate of drug-likeness (QED) is 0.752. The van der Waals surface area contributed by atoms with Crippen LogP contribution in [0.3, 0.4) is 0 Å². The van der Waals surface area contributed by atoms with Gasteiger partial charge in [-0.25, -0.2) is 19.4 Å². The number of carboxylic acid groups (broad SMARTS) is 1. The monoisotopic (exact) mass is 196 g/mol. The van der Waals surface area contributed by atoms with Crippen LogP contribution in [0.15, 0.2) is 17.2 Å². The van der Waals surface area contributed by atoms with Crippen LogP contribution in [0.2, 0.25) is 0 Å². The van der Waals surface area contributed by atoms with Crippen LogP contribution >= 0.6 is 11.3 Å². The molecule has 1 N–H and O–H groups in total. The molecule has 2 aromatic heterocycles. The summed E-state index contributed by atoms with van der Waals surface area (Å²) in [4.78, 5) is 18.0. The molecule has 7 heteroatoms. The summed E-state index contributed by atoms with van der Waals surface area (Å²) in [6, 6.07) is 0. The van der Waals surface area contributed by atoms with Gasteiger partial charge in [0, 0.05) is 5.38 Å². The van der Waals surface area contributed by atoms with E-state index >= 15 is 0 Å². The zero-order valence-corrected chi connectivity index (χ0v) is 7.10. The van der Waals surface area contributed by atoms with E-state index in [0.717, 1.165) is 0 Å². The number of nitrogens with zero attached hydrogens (tertiary/aromatic N) is 4. The van der Waals surface area contributed by atoms with Crippen molar-refractivity contribution in [1.29, 1.82) is 0 Å². The number of hydrogen-bond donors (Lipinski definition) is 1. The van der Waals surface area contributed by atoms with Crippen LogP contribution in [0.5, 0.6) is 0 Å². The van der Waals surface area contributed by atoms with E-state index in [9.17, 15) is 4.79 Å². The van der Waals surface area contributed by atoms with Gasteiger partial charge in [0.25, 0.3) is 5.82 Å². The Kier molecular flexibility index (Phi) is 1.78. The molecule has 0 atom stereocenters. The van der Waals surface area contributed by atoms with E-state index in [1.54, 1.807) is 10.9 Å². The Balaban J connectivity index is 2.39. The van der Waals surface area contributed by atoms with E-state index in [2.05, 4.69) is 15.1 Å². The molecular formula is C6H4N4O2S. The lowest BCUT2D eigenvalue weighted by Gasteiger charge is -1.89. The third-order valence-corrected chi connectivity index (χ3v) is 1.91. The molecule has 6 nitrogen and oxygen atoms in total. The Hall–Kier alpha value is -1.76. The summed E-state index contributed by atoms with van der Waals surface area (Å²) in [5, 5.41) is 14.0. The lowest BCUT2D eigenvalue weighted by molar-refractivity contribution is 0.0683. The van der Waals surface area contributed by atoms with E-state index in [0.29, 0.717) is 5.82 Å². The van der Waals surface area contributed by atoms with E-state index in [1.807, 2.05) is 0 Å². The van der Waals surface area contributed by atoms with Crippen molar-refractivity contribution in [3.05, 3.63) is 23.0 Å². The highest BCUT2D eigenvalue weighted by atomic mass is 32.1. The van der Waals surface area contributed by atoms with Crippen molar-refractivity contribution in [3.63, 3.8) is 0 Å². The Morgan fingerprint density at radius 1 is 1.54 bits per heavy atom. The van der Waals surface area contributed by atoms with Crippen LogP contribution in [0.1, 0.15) is 10.6 Å². The third-order valence-electron chi connectivity index (χ3n) is 1.34. The van der Waals surface area contributed by atoms with Gasteiger partial charge >= 0.3 is 5.97 Å². The average Bonchev–Trinajstić information content (AvgIpc) is 2.75. The molecule has 0 unspecified atom stereocenters. The SMILES string of the molecule is O=C(O)c1ncn(-c2cscn2)n1. The molecule has 0 aromatic carbocycles. The average molecular weight is 196 g/mol. The fourth-order valence-corrected chi connectivity index (χ4v) is 1.31. The third kappa shape index (κ3) is 1.41. The summed E-state index contributed by atoms with van der Waals surface area (Å²) in [5.41, 5.74) is 1.64. The molecule has 0 spiro atoms. The van der Waals surface area contributed by atoms with Crippen LogP contribution in [-0.2, 0) is 0 Å². The van der Waals surface area contributed by atoms with Gasteiger partial charge in [-0.2, -0.15) is 0 Å². The summed E-state index contributed by atoms with van der Waals surface area (Å²) >= 11 is 1.40. The minimum Gasteiger partial charge on any atom is -0.475 e. The molecule has 13 heavy (non-hydrogen) atoms. The van der Waals surface area contributed by atoms with Crippen molar-refractivity contribution in [3.8, 4) is 5.82 Å². The topological polar surface area (TPSA) is 80.9 Å². The molecule has 0 aliphatic rings. The highest BCUT2D eigenvalue weighted by molar-refractivity contribution is 7.07. The molecular weight excluding hydrogens is 192 g/mol. The number of carboxylic acids is 1. The molecule has 66 valence electrons. The van der Waals surface area contributed by atoms with Gasteiger partial charge in [-0.1, -0.05) is 0 Å². The number of carbonyl (C=O) groups is 1. The van der Waals surface area contributed by atoms with Crippen LogP contribution in [-0.4, -0.2) is 30.8 Å². The molecule has 0 aliphatic carbocycles. The molecule has 0 fully saturated rings. The van der Waals surface area contributed by atoms with Gasteiger partial charge in [0.05, 0.1) is 5.51 Å². The normalized spacial score (nSPS) is 10.2. The van der Waals surface area contributed by atoms with Crippen molar-refractivity contribution in [2.24, 2.45) is 0 Å². The van der Waals surface area contributed by atoms with Crippen molar-refractivity contribution < 1.29 is 9.90 Å². The number of thiazole rings is 1. The van der Waals surface area contributed by atoms with Crippen LogP contribution in [0, 0.1) is 0 Å². The van der Waals surface area contributed by atoms with Crippen molar-refractivity contribution in [2.75, 3.05) is 0 Å². The van der Waals surface area contributed by atoms with Gasteiger partial charge < -0.3 is 5.11 Å². The molecule has 2 rings (SSSR count). The van der Waals surface area contributed by atoms with E-state index < -0.39 is 5.97 Å². The molecule has 0 saturated carbocycles. The van der Waals surface area contributed by atoms with Gasteiger partial charge in [-0.15, -0.1) is 16.4 Å². The summed E-state index contributed by atoms with van der Waals surface area (Å²) in [6.07, 6.45) is 1.32. The summed E-state index contributed by atoms with van der Waals surface area (Å²) in [5.74, 6) is -0.799. The fourth-order valence-electron chi connectivity index (χ4n) is 0.791. The zero-order valence-electron chi connectivity index (χ0n) is 6.28. The van der Waals surface area contributed by atoms with Gasteiger partial charge in [0.2, 0.25) is 0 Å². The molecule has 0 bridgehead atoms. The Morgan fingerprint density at radius 2 is 2.38 bits per heavy atom. The van der Waals surface area contributed by atoms with Crippen molar-refractivity contribution >= 4 is 17.3 Å². The smallest absolute Gasteiger partial charge is 0.375 e. The highest BCUT2D eigenvalue weighted by Gasteiger charge is 2.09.